The molecular formula is C19H18N2O2. The third kappa shape index (κ3) is 2.68. The molecule has 0 atom stereocenters. The summed E-state index contributed by atoms with van der Waals surface area (Å²) in [5.41, 5.74) is 4.35. The second kappa shape index (κ2) is 5.80. The standard InChI is InChI=1S/C19H18N2O2/c1-4-17(22)18-19(23)21(3)16-11-14(9-10-15(16)20-18)13-7-5-12(2)6-8-13/h5-11H,4H2,1-3H3. The molecule has 3 rings (SSSR count). The average Bonchev–Trinajstić information content (AvgIpc) is 2.58. The molecule has 0 radical (unpaired) electrons. The maximum atomic E-state index is 12.4. The van der Waals surface area contributed by atoms with Crippen molar-refractivity contribution in [3.63, 3.8) is 0 Å². The van der Waals surface area contributed by atoms with Crippen LogP contribution < -0.4 is 5.56 Å². The minimum atomic E-state index is -0.342. The maximum absolute atomic E-state index is 12.4. The Balaban J connectivity index is 2.21. The number of hydrogen-bond acceptors (Lipinski definition) is 3. The van der Waals surface area contributed by atoms with Crippen LogP contribution >= 0.6 is 0 Å². The Morgan fingerprint density at radius 2 is 1.74 bits per heavy atom. The highest BCUT2D eigenvalue weighted by Gasteiger charge is 2.14. The third-order valence-electron chi connectivity index (χ3n) is 4.05. The molecule has 0 aliphatic heterocycles. The van der Waals surface area contributed by atoms with Crippen molar-refractivity contribution in [3.8, 4) is 11.1 Å². The van der Waals surface area contributed by atoms with Crippen molar-refractivity contribution >= 4 is 16.8 Å². The number of rotatable bonds is 3. The van der Waals surface area contributed by atoms with Gasteiger partial charge >= 0.3 is 0 Å². The van der Waals surface area contributed by atoms with Gasteiger partial charge in [0.1, 0.15) is 0 Å². The second-order valence-electron chi connectivity index (χ2n) is 5.67. The Kier molecular flexibility index (Phi) is 3.82. The van der Waals surface area contributed by atoms with Crippen LogP contribution in [0.1, 0.15) is 29.4 Å². The Morgan fingerprint density at radius 1 is 1.09 bits per heavy atom. The lowest BCUT2D eigenvalue weighted by atomic mass is 10.0. The number of benzene rings is 2. The largest absolute Gasteiger partial charge is 0.308 e. The van der Waals surface area contributed by atoms with Crippen LogP contribution in [0.25, 0.3) is 22.2 Å². The van der Waals surface area contributed by atoms with Gasteiger partial charge in [0.15, 0.2) is 11.5 Å². The van der Waals surface area contributed by atoms with Crippen LogP contribution in [0.15, 0.2) is 47.3 Å². The zero-order chi connectivity index (χ0) is 16.6. The Morgan fingerprint density at radius 3 is 2.39 bits per heavy atom. The number of aryl methyl sites for hydroxylation is 2. The molecule has 0 unspecified atom stereocenters. The van der Waals surface area contributed by atoms with E-state index < -0.39 is 0 Å². The SMILES string of the molecule is CCC(=O)c1nc2ccc(-c3ccc(C)cc3)cc2n(C)c1=O. The molecule has 0 saturated carbocycles. The highest BCUT2D eigenvalue weighted by atomic mass is 16.1. The highest BCUT2D eigenvalue weighted by molar-refractivity contribution is 5.95. The maximum Gasteiger partial charge on any atom is 0.280 e. The Hall–Kier alpha value is -2.75. The molecule has 0 aliphatic carbocycles. The minimum Gasteiger partial charge on any atom is -0.308 e. The first kappa shape index (κ1) is 15.2. The quantitative estimate of drug-likeness (QED) is 0.696. The molecule has 2 aromatic carbocycles. The number of aromatic nitrogens is 2. The Bertz CT molecular complexity index is 954. The Labute approximate surface area is 134 Å². The van der Waals surface area contributed by atoms with E-state index in [2.05, 4.69) is 29.2 Å². The van der Waals surface area contributed by atoms with Crippen LogP contribution in [-0.4, -0.2) is 15.3 Å². The molecule has 116 valence electrons. The van der Waals surface area contributed by atoms with Gasteiger partial charge in [-0.2, -0.15) is 0 Å². The highest BCUT2D eigenvalue weighted by Crippen LogP contribution is 2.23. The van der Waals surface area contributed by atoms with Crippen molar-refractivity contribution in [1.29, 1.82) is 0 Å². The first-order valence-corrected chi connectivity index (χ1v) is 7.62. The van der Waals surface area contributed by atoms with Gasteiger partial charge in [0.05, 0.1) is 11.0 Å². The summed E-state index contributed by atoms with van der Waals surface area (Å²) < 4.78 is 1.50. The lowest BCUT2D eigenvalue weighted by Gasteiger charge is -2.09. The fourth-order valence-corrected chi connectivity index (χ4v) is 2.60. The van der Waals surface area contributed by atoms with E-state index in [9.17, 15) is 9.59 Å². The molecule has 3 aromatic rings. The topological polar surface area (TPSA) is 52.0 Å². The van der Waals surface area contributed by atoms with Crippen molar-refractivity contribution in [2.75, 3.05) is 0 Å². The van der Waals surface area contributed by atoms with Crippen LogP contribution in [-0.2, 0) is 7.05 Å². The van der Waals surface area contributed by atoms with Crippen LogP contribution in [0.5, 0.6) is 0 Å². The van der Waals surface area contributed by atoms with Gasteiger partial charge in [-0.3, -0.25) is 9.59 Å². The summed E-state index contributed by atoms with van der Waals surface area (Å²) in [4.78, 5) is 28.5. The smallest absolute Gasteiger partial charge is 0.280 e. The molecule has 0 bridgehead atoms. The predicted octanol–water partition coefficient (Wildman–Crippen LogP) is 3.50. The van der Waals surface area contributed by atoms with Gasteiger partial charge in [-0.25, -0.2) is 4.98 Å². The summed E-state index contributed by atoms with van der Waals surface area (Å²) in [6, 6.07) is 14.0. The summed E-state index contributed by atoms with van der Waals surface area (Å²) in [7, 11) is 1.68. The molecule has 0 fully saturated rings. The number of nitrogens with zero attached hydrogens (tertiary/aromatic N) is 2. The molecule has 0 spiro atoms. The molecular weight excluding hydrogens is 288 g/mol. The molecule has 0 aliphatic rings. The fourth-order valence-electron chi connectivity index (χ4n) is 2.60. The second-order valence-corrected chi connectivity index (χ2v) is 5.67. The van der Waals surface area contributed by atoms with E-state index in [0.717, 1.165) is 16.6 Å². The average molecular weight is 306 g/mol. The number of ketones is 1. The zero-order valence-corrected chi connectivity index (χ0v) is 13.5. The van der Waals surface area contributed by atoms with Crippen molar-refractivity contribution in [2.24, 2.45) is 7.05 Å². The van der Waals surface area contributed by atoms with Gasteiger partial charge in [0.2, 0.25) is 0 Å². The molecule has 1 aromatic heterocycles. The van der Waals surface area contributed by atoms with Crippen molar-refractivity contribution in [2.45, 2.75) is 20.3 Å². The van der Waals surface area contributed by atoms with E-state index in [1.807, 2.05) is 25.1 Å². The number of carbonyl (C=O) groups excluding carboxylic acids is 1. The number of fused-ring (bicyclic) bond motifs is 1. The van der Waals surface area contributed by atoms with Crippen LogP contribution in [0, 0.1) is 6.92 Å². The summed E-state index contributed by atoms with van der Waals surface area (Å²) >= 11 is 0. The molecule has 0 N–H and O–H groups in total. The van der Waals surface area contributed by atoms with Crippen molar-refractivity contribution < 1.29 is 4.79 Å². The van der Waals surface area contributed by atoms with E-state index in [4.69, 9.17) is 0 Å². The van der Waals surface area contributed by atoms with Crippen molar-refractivity contribution in [1.82, 2.24) is 9.55 Å². The molecule has 4 nitrogen and oxygen atoms in total. The van der Waals surface area contributed by atoms with Gasteiger partial charge in [0.25, 0.3) is 5.56 Å². The molecule has 0 saturated heterocycles. The molecule has 4 heteroatoms. The van der Waals surface area contributed by atoms with E-state index in [1.54, 1.807) is 14.0 Å². The van der Waals surface area contributed by atoms with Crippen LogP contribution in [0.3, 0.4) is 0 Å². The number of carbonyl (C=O) groups is 1. The third-order valence-corrected chi connectivity index (χ3v) is 4.05. The molecule has 1 heterocycles. The van der Waals surface area contributed by atoms with Gasteiger partial charge in [0, 0.05) is 13.5 Å². The minimum absolute atomic E-state index is 0.0191. The first-order valence-electron chi connectivity index (χ1n) is 7.62. The van der Waals surface area contributed by atoms with Crippen LogP contribution in [0.4, 0.5) is 0 Å². The number of Topliss-reactive ketones (excluding diaryl/α,β-unsaturated/α-hetero) is 1. The number of hydrogen-bond donors (Lipinski definition) is 0. The van der Waals surface area contributed by atoms with E-state index >= 15 is 0 Å². The van der Waals surface area contributed by atoms with Gasteiger partial charge in [-0.1, -0.05) is 42.8 Å². The summed E-state index contributed by atoms with van der Waals surface area (Å²) in [6.45, 7) is 3.78. The van der Waals surface area contributed by atoms with Crippen molar-refractivity contribution in [3.05, 3.63) is 64.1 Å². The van der Waals surface area contributed by atoms with E-state index in [1.165, 1.54) is 10.1 Å². The van der Waals surface area contributed by atoms with Crippen LogP contribution in [0.2, 0.25) is 0 Å². The van der Waals surface area contributed by atoms with Gasteiger partial charge in [-0.05, 0) is 30.2 Å². The lowest BCUT2D eigenvalue weighted by Crippen LogP contribution is -2.26. The van der Waals surface area contributed by atoms with E-state index in [0.29, 0.717) is 5.52 Å². The lowest BCUT2D eigenvalue weighted by molar-refractivity contribution is 0.0981. The fraction of sp³-hybridized carbons (Fsp3) is 0.211. The summed E-state index contributed by atoms with van der Waals surface area (Å²) in [5, 5.41) is 0. The first-order chi connectivity index (χ1) is 11.0. The zero-order valence-electron chi connectivity index (χ0n) is 13.5. The predicted molar refractivity (Wildman–Crippen MR) is 91.8 cm³/mol. The summed E-state index contributed by atoms with van der Waals surface area (Å²) in [5.74, 6) is -0.227. The van der Waals surface area contributed by atoms with Gasteiger partial charge in [-0.15, -0.1) is 0 Å². The van der Waals surface area contributed by atoms with E-state index in [-0.39, 0.29) is 23.5 Å². The monoisotopic (exact) mass is 306 g/mol. The molecule has 0 amide bonds. The normalized spacial score (nSPS) is 10.9. The van der Waals surface area contributed by atoms with Gasteiger partial charge < -0.3 is 4.57 Å². The summed E-state index contributed by atoms with van der Waals surface area (Å²) in [6.07, 6.45) is 0.273. The molecule has 23 heavy (non-hydrogen) atoms.